The molecule has 0 amide bonds. The van der Waals surface area contributed by atoms with Crippen LogP contribution in [0.3, 0.4) is 0 Å². The molecule has 1 aliphatic rings. The largest absolute Gasteiger partial charge is 0.369 e. The third-order valence-electron chi connectivity index (χ3n) is 3.38. The van der Waals surface area contributed by atoms with Crippen molar-refractivity contribution in [1.29, 1.82) is 0 Å². The number of hydrogen-bond donors (Lipinski definition) is 2. The minimum atomic E-state index is -0.300. The van der Waals surface area contributed by atoms with Gasteiger partial charge in [-0.1, -0.05) is 48.0 Å². The third kappa shape index (κ3) is 2.58. The summed E-state index contributed by atoms with van der Waals surface area (Å²) in [6.07, 6.45) is -0.300. The second-order valence-corrected chi connectivity index (χ2v) is 4.95. The molecule has 0 saturated heterocycles. The van der Waals surface area contributed by atoms with Gasteiger partial charge in [-0.25, -0.2) is 4.99 Å². The predicted molar refractivity (Wildman–Crippen MR) is 86.1 cm³/mol. The first-order chi connectivity index (χ1) is 10.1. The number of hydrogen-bond acceptors (Lipinski definition) is 5. The summed E-state index contributed by atoms with van der Waals surface area (Å²) in [6, 6.07) is 18.0. The number of benzene rings is 2. The zero-order chi connectivity index (χ0) is 14.8. The fraction of sp³-hybridized carbons (Fsp3) is 0.125. The van der Waals surface area contributed by atoms with E-state index in [-0.39, 0.29) is 12.1 Å². The van der Waals surface area contributed by atoms with Crippen LogP contribution in [0.1, 0.15) is 17.3 Å². The molecule has 1 heterocycles. The number of aliphatic imine (C=N–C) groups is 2. The molecular formula is C16H17N5. The van der Waals surface area contributed by atoms with E-state index < -0.39 is 0 Å². The van der Waals surface area contributed by atoms with E-state index in [4.69, 9.17) is 11.5 Å². The van der Waals surface area contributed by atoms with E-state index in [0.717, 1.165) is 11.3 Å². The molecule has 0 saturated carbocycles. The van der Waals surface area contributed by atoms with Gasteiger partial charge in [-0.3, -0.25) is 4.90 Å². The molecule has 0 unspecified atom stereocenters. The second-order valence-electron chi connectivity index (χ2n) is 4.95. The highest BCUT2D eigenvalue weighted by Crippen LogP contribution is 2.30. The summed E-state index contributed by atoms with van der Waals surface area (Å²) in [5.74, 6) is 0.546. The molecule has 5 heteroatoms. The van der Waals surface area contributed by atoms with Crippen LogP contribution in [0.5, 0.6) is 0 Å². The Balaban J connectivity index is 2.07. The average molecular weight is 279 g/mol. The third-order valence-corrected chi connectivity index (χ3v) is 3.38. The number of nitrogens with zero attached hydrogens (tertiary/aromatic N) is 3. The molecule has 3 rings (SSSR count). The van der Waals surface area contributed by atoms with Gasteiger partial charge in [-0.15, -0.1) is 0 Å². The maximum atomic E-state index is 6.08. The first kappa shape index (κ1) is 13.2. The molecule has 1 aliphatic heterocycles. The van der Waals surface area contributed by atoms with E-state index >= 15 is 0 Å². The lowest BCUT2D eigenvalue weighted by Gasteiger charge is -2.32. The molecule has 106 valence electrons. The lowest BCUT2D eigenvalue weighted by atomic mass is 10.1. The smallest absolute Gasteiger partial charge is 0.221 e. The van der Waals surface area contributed by atoms with Gasteiger partial charge in [-0.05, 0) is 24.6 Å². The van der Waals surface area contributed by atoms with Crippen molar-refractivity contribution in [2.75, 3.05) is 4.90 Å². The SMILES string of the molecule is Cc1ccc(N2C(N)=NC(N)=N[C@@H]2c2ccccc2)cc1. The number of rotatable bonds is 2. The molecule has 2 aromatic carbocycles. The minimum absolute atomic E-state index is 0.199. The van der Waals surface area contributed by atoms with Gasteiger partial charge in [0.15, 0.2) is 6.17 Å². The first-order valence-electron chi connectivity index (χ1n) is 6.73. The Bertz CT molecular complexity index is 688. The molecule has 0 bridgehead atoms. The molecule has 2 aromatic rings. The summed E-state index contributed by atoms with van der Waals surface area (Å²) in [5.41, 5.74) is 15.0. The monoisotopic (exact) mass is 279 g/mol. The predicted octanol–water partition coefficient (Wildman–Crippen LogP) is 2.14. The maximum absolute atomic E-state index is 6.08. The summed E-state index contributed by atoms with van der Waals surface area (Å²) >= 11 is 0. The van der Waals surface area contributed by atoms with Gasteiger partial charge in [-0.2, -0.15) is 4.99 Å². The lowest BCUT2D eigenvalue weighted by Crippen LogP contribution is -2.44. The van der Waals surface area contributed by atoms with E-state index in [9.17, 15) is 0 Å². The Morgan fingerprint density at radius 3 is 2.29 bits per heavy atom. The van der Waals surface area contributed by atoms with Crippen molar-refractivity contribution < 1.29 is 0 Å². The van der Waals surface area contributed by atoms with Crippen LogP contribution in [0.15, 0.2) is 64.6 Å². The Morgan fingerprint density at radius 2 is 1.62 bits per heavy atom. The quantitative estimate of drug-likeness (QED) is 0.883. The van der Waals surface area contributed by atoms with Gasteiger partial charge in [0.1, 0.15) is 0 Å². The van der Waals surface area contributed by atoms with Crippen molar-refractivity contribution in [2.45, 2.75) is 13.1 Å². The molecule has 21 heavy (non-hydrogen) atoms. The Labute approximate surface area is 123 Å². The van der Waals surface area contributed by atoms with Gasteiger partial charge < -0.3 is 11.5 Å². The summed E-state index contributed by atoms with van der Waals surface area (Å²) in [7, 11) is 0. The van der Waals surface area contributed by atoms with E-state index in [1.165, 1.54) is 5.56 Å². The Morgan fingerprint density at radius 1 is 0.952 bits per heavy atom. The average Bonchev–Trinajstić information content (AvgIpc) is 2.49. The maximum Gasteiger partial charge on any atom is 0.221 e. The summed E-state index contributed by atoms with van der Waals surface area (Å²) < 4.78 is 0. The van der Waals surface area contributed by atoms with Crippen LogP contribution in [0.25, 0.3) is 0 Å². The van der Waals surface area contributed by atoms with Crippen molar-refractivity contribution >= 4 is 17.6 Å². The van der Waals surface area contributed by atoms with Crippen molar-refractivity contribution in [1.82, 2.24) is 0 Å². The van der Waals surface area contributed by atoms with Crippen LogP contribution in [-0.2, 0) is 0 Å². The fourth-order valence-corrected chi connectivity index (χ4v) is 2.34. The van der Waals surface area contributed by atoms with E-state index in [0.29, 0.717) is 5.96 Å². The summed E-state index contributed by atoms with van der Waals surface area (Å²) in [4.78, 5) is 10.4. The lowest BCUT2D eigenvalue weighted by molar-refractivity contribution is 0.736. The highest BCUT2D eigenvalue weighted by atomic mass is 15.4. The van der Waals surface area contributed by atoms with Crippen LogP contribution in [-0.4, -0.2) is 11.9 Å². The summed E-state index contributed by atoms with van der Waals surface area (Å²) in [6.45, 7) is 2.04. The van der Waals surface area contributed by atoms with Gasteiger partial charge in [0, 0.05) is 5.69 Å². The van der Waals surface area contributed by atoms with E-state index in [1.807, 2.05) is 66.4 Å². The van der Waals surface area contributed by atoms with E-state index in [1.54, 1.807) is 0 Å². The molecule has 0 radical (unpaired) electrons. The second kappa shape index (κ2) is 5.28. The molecule has 0 spiro atoms. The Kier molecular flexibility index (Phi) is 3.31. The fourth-order valence-electron chi connectivity index (χ4n) is 2.34. The van der Waals surface area contributed by atoms with Gasteiger partial charge >= 0.3 is 0 Å². The molecule has 0 aliphatic carbocycles. The molecule has 1 atom stereocenters. The molecule has 5 nitrogen and oxygen atoms in total. The van der Waals surface area contributed by atoms with Crippen LogP contribution in [0, 0.1) is 6.92 Å². The summed E-state index contributed by atoms with van der Waals surface area (Å²) in [5, 5.41) is 0. The highest BCUT2D eigenvalue weighted by molar-refractivity contribution is 6.04. The van der Waals surface area contributed by atoms with E-state index in [2.05, 4.69) is 9.98 Å². The molecule has 4 N–H and O–H groups in total. The van der Waals surface area contributed by atoms with Crippen molar-refractivity contribution in [3.05, 3.63) is 65.7 Å². The van der Waals surface area contributed by atoms with Crippen molar-refractivity contribution in [2.24, 2.45) is 21.5 Å². The normalized spacial score (nSPS) is 18.1. The van der Waals surface area contributed by atoms with Crippen molar-refractivity contribution in [3.63, 3.8) is 0 Å². The van der Waals surface area contributed by atoms with Gasteiger partial charge in [0.05, 0.1) is 0 Å². The number of guanidine groups is 2. The number of nitrogens with two attached hydrogens (primary N) is 2. The number of aryl methyl sites for hydroxylation is 1. The Hall–Kier alpha value is -2.82. The topological polar surface area (TPSA) is 80.0 Å². The van der Waals surface area contributed by atoms with Crippen LogP contribution in [0.4, 0.5) is 5.69 Å². The molecule has 0 aromatic heterocycles. The zero-order valence-corrected chi connectivity index (χ0v) is 11.8. The zero-order valence-electron chi connectivity index (χ0n) is 11.8. The number of anilines is 1. The van der Waals surface area contributed by atoms with Crippen molar-refractivity contribution in [3.8, 4) is 0 Å². The molecule has 0 fully saturated rings. The highest BCUT2D eigenvalue weighted by Gasteiger charge is 2.27. The van der Waals surface area contributed by atoms with Crippen LogP contribution in [0.2, 0.25) is 0 Å². The van der Waals surface area contributed by atoms with Crippen LogP contribution < -0.4 is 16.4 Å². The van der Waals surface area contributed by atoms with Gasteiger partial charge in [0.25, 0.3) is 0 Å². The minimum Gasteiger partial charge on any atom is -0.369 e. The standard InChI is InChI=1S/C16H17N5/c1-11-7-9-13(10-8-11)21-14(12-5-3-2-4-6-12)19-15(17)20-16(21)18/h2-10,14H,1H3,(H4,17,18,19,20)/t14-/m0/s1. The first-order valence-corrected chi connectivity index (χ1v) is 6.73. The van der Waals surface area contributed by atoms with Gasteiger partial charge in [0.2, 0.25) is 11.9 Å². The van der Waals surface area contributed by atoms with Crippen LogP contribution >= 0.6 is 0 Å². The molecular weight excluding hydrogens is 262 g/mol.